The average molecular weight is 427 g/mol. The number of phenolic OH excluding ortho intramolecular Hbond substituents is 1. The van der Waals surface area contributed by atoms with Gasteiger partial charge in [0.1, 0.15) is 11.9 Å². The van der Waals surface area contributed by atoms with Crippen LogP contribution in [0.15, 0.2) is 18.2 Å². The maximum Gasteiger partial charge on any atom is 0.264 e. The minimum Gasteiger partial charge on any atom is -0.508 e. The highest BCUT2D eigenvalue weighted by Crippen LogP contribution is 2.25. The highest BCUT2D eigenvalue weighted by molar-refractivity contribution is 6.42. The normalized spacial score (nSPS) is 14.6. The zero-order valence-electron chi connectivity index (χ0n) is 14.7. The summed E-state index contributed by atoms with van der Waals surface area (Å²) in [6.07, 6.45) is -3.68. The molecular weight excluding hydrogens is 405 g/mol. The van der Waals surface area contributed by atoms with Crippen molar-refractivity contribution in [2.45, 2.75) is 31.8 Å². The zero-order valence-corrected chi connectivity index (χ0v) is 16.3. The lowest BCUT2D eigenvalue weighted by Crippen LogP contribution is -2.41. The molecule has 6 nitrogen and oxygen atoms in total. The molecule has 0 spiro atoms. The fourth-order valence-electron chi connectivity index (χ4n) is 2.27. The van der Waals surface area contributed by atoms with Crippen LogP contribution < -0.4 is 0 Å². The standard InChI is InChI=1S/C11H18F2N2O3.C6H4Cl2O/c1-14(9(17)6-8(16)11(12)13)7-10(18)15-4-2-3-5-15;7-5-2-1-4(9)3-6(5)8/h8,11,16H,2-7H2,1H3;1-3,9H. The molecule has 2 rings (SSSR count). The zero-order chi connectivity index (χ0) is 20.6. The average Bonchev–Trinajstić information content (AvgIpc) is 3.13. The number of likely N-dealkylation sites (tertiary alicyclic amines) is 1. The molecule has 0 aromatic heterocycles. The molecule has 1 fully saturated rings. The van der Waals surface area contributed by atoms with E-state index in [2.05, 4.69) is 0 Å². The van der Waals surface area contributed by atoms with Gasteiger partial charge in [-0.3, -0.25) is 9.59 Å². The number of aromatic hydroxyl groups is 1. The molecule has 1 aromatic rings. The molecule has 1 atom stereocenters. The fourth-order valence-corrected chi connectivity index (χ4v) is 2.56. The molecule has 1 aliphatic heterocycles. The first-order valence-corrected chi connectivity index (χ1v) is 8.99. The minimum absolute atomic E-state index is 0.129. The summed E-state index contributed by atoms with van der Waals surface area (Å²) in [5.41, 5.74) is 0. The van der Waals surface area contributed by atoms with E-state index in [4.69, 9.17) is 33.4 Å². The maximum absolute atomic E-state index is 12.1. The third kappa shape index (κ3) is 8.28. The van der Waals surface area contributed by atoms with Gasteiger partial charge < -0.3 is 20.0 Å². The Morgan fingerprint density at radius 1 is 1.22 bits per heavy atom. The number of carbonyl (C=O) groups excluding carboxylic acids is 2. The number of aliphatic hydroxyl groups is 1. The SMILES string of the molecule is CN(CC(=O)N1CCCC1)C(=O)CC(O)C(F)F.Oc1ccc(Cl)c(Cl)c1. The highest BCUT2D eigenvalue weighted by Gasteiger charge is 2.25. The van der Waals surface area contributed by atoms with Crippen molar-refractivity contribution in [1.82, 2.24) is 9.80 Å². The topological polar surface area (TPSA) is 81.1 Å². The molecule has 2 N–H and O–H groups in total. The molecule has 0 saturated carbocycles. The monoisotopic (exact) mass is 426 g/mol. The third-order valence-electron chi connectivity index (χ3n) is 3.83. The van der Waals surface area contributed by atoms with E-state index >= 15 is 0 Å². The van der Waals surface area contributed by atoms with Crippen LogP contribution in [0, 0.1) is 0 Å². The minimum atomic E-state index is -2.95. The van der Waals surface area contributed by atoms with Gasteiger partial charge in [-0.1, -0.05) is 23.2 Å². The van der Waals surface area contributed by atoms with E-state index in [0.29, 0.717) is 23.1 Å². The number of rotatable bonds is 5. The van der Waals surface area contributed by atoms with E-state index in [1.165, 1.54) is 19.2 Å². The van der Waals surface area contributed by atoms with E-state index in [0.717, 1.165) is 17.7 Å². The number of phenols is 1. The lowest BCUT2D eigenvalue weighted by atomic mass is 10.2. The smallest absolute Gasteiger partial charge is 0.264 e. The largest absolute Gasteiger partial charge is 0.508 e. The van der Waals surface area contributed by atoms with Crippen molar-refractivity contribution in [2.75, 3.05) is 26.7 Å². The summed E-state index contributed by atoms with van der Waals surface area (Å²) >= 11 is 11.1. The number of amides is 2. The molecule has 0 radical (unpaired) electrons. The number of carbonyl (C=O) groups is 2. The van der Waals surface area contributed by atoms with E-state index in [9.17, 15) is 18.4 Å². The lowest BCUT2D eigenvalue weighted by Gasteiger charge is -2.22. The van der Waals surface area contributed by atoms with Gasteiger partial charge in [-0.25, -0.2) is 8.78 Å². The summed E-state index contributed by atoms with van der Waals surface area (Å²) in [7, 11) is 1.37. The first-order chi connectivity index (χ1) is 12.6. The van der Waals surface area contributed by atoms with Gasteiger partial charge in [0.25, 0.3) is 6.43 Å². The van der Waals surface area contributed by atoms with Crippen LogP contribution in [0.25, 0.3) is 0 Å². The number of halogens is 4. The van der Waals surface area contributed by atoms with E-state index in [1.807, 2.05) is 0 Å². The van der Waals surface area contributed by atoms with Crippen LogP contribution in [0.3, 0.4) is 0 Å². The van der Waals surface area contributed by atoms with Crippen LogP contribution in [0.2, 0.25) is 10.0 Å². The molecule has 1 saturated heterocycles. The highest BCUT2D eigenvalue weighted by atomic mass is 35.5. The van der Waals surface area contributed by atoms with Crippen molar-refractivity contribution in [2.24, 2.45) is 0 Å². The molecule has 1 heterocycles. The van der Waals surface area contributed by atoms with Crippen LogP contribution in [-0.2, 0) is 9.59 Å². The Morgan fingerprint density at radius 3 is 2.30 bits per heavy atom. The van der Waals surface area contributed by atoms with E-state index in [1.54, 1.807) is 11.0 Å². The quantitative estimate of drug-likeness (QED) is 0.758. The maximum atomic E-state index is 12.1. The van der Waals surface area contributed by atoms with Gasteiger partial charge in [-0.05, 0) is 31.0 Å². The van der Waals surface area contributed by atoms with Crippen LogP contribution in [0.1, 0.15) is 19.3 Å². The summed E-state index contributed by atoms with van der Waals surface area (Å²) in [5, 5.41) is 18.5. The van der Waals surface area contributed by atoms with Gasteiger partial charge in [-0.15, -0.1) is 0 Å². The van der Waals surface area contributed by atoms with Crippen LogP contribution >= 0.6 is 23.2 Å². The van der Waals surface area contributed by atoms with Gasteiger partial charge >= 0.3 is 0 Å². The summed E-state index contributed by atoms with van der Waals surface area (Å²) in [5.74, 6) is -0.713. The molecule has 10 heteroatoms. The second kappa shape index (κ2) is 11.3. The predicted octanol–water partition coefficient (Wildman–Crippen LogP) is 2.78. The first kappa shape index (κ1) is 23.4. The van der Waals surface area contributed by atoms with Crippen LogP contribution in [0.5, 0.6) is 5.75 Å². The van der Waals surface area contributed by atoms with Crippen molar-refractivity contribution in [3.05, 3.63) is 28.2 Å². The molecular formula is C17H22Cl2F2N2O4. The Kier molecular flexibility index (Phi) is 9.76. The first-order valence-electron chi connectivity index (χ1n) is 8.23. The number of hydrogen-bond acceptors (Lipinski definition) is 4. The van der Waals surface area contributed by atoms with Gasteiger partial charge in [0, 0.05) is 20.1 Å². The molecule has 152 valence electrons. The summed E-state index contributed by atoms with van der Waals surface area (Å²) in [6.45, 7) is 1.23. The van der Waals surface area contributed by atoms with Crippen molar-refractivity contribution >= 4 is 35.0 Å². The van der Waals surface area contributed by atoms with Gasteiger partial charge in [0.15, 0.2) is 0 Å². The Bertz CT molecular complexity index is 643. The molecule has 1 aliphatic rings. The second-order valence-electron chi connectivity index (χ2n) is 6.04. The van der Waals surface area contributed by atoms with Crippen LogP contribution in [-0.4, -0.2) is 71.0 Å². The number of benzene rings is 1. The molecule has 1 unspecified atom stereocenters. The van der Waals surface area contributed by atoms with Gasteiger partial charge in [-0.2, -0.15) is 0 Å². The van der Waals surface area contributed by atoms with Crippen molar-refractivity contribution in [3.8, 4) is 5.75 Å². The van der Waals surface area contributed by atoms with Crippen molar-refractivity contribution < 1.29 is 28.6 Å². The van der Waals surface area contributed by atoms with E-state index < -0.39 is 24.9 Å². The van der Waals surface area contributed by atoms with Crippen molar-refractivity contribution in [3.63, 3.8) is 0 Å². The fraction of sp³-hybridized carbons (Fsp3) is 0.529. The Morgan fingerprint density at radius 2 is 1.81 bits per heavy atom. The molecule has 1 aromatic carbocycles. The second-order valence-corrected chi connectivity index (χ2v) is 6.86. The summed E-state index contributed by atoms with van der Waals surface area (Å²) in [6, 6.07) is 4.41. The Labute approximate surface area is 166 Å². The summed E-state index contributed by atoms with van der Waals surface area (Å²) < 4.78 is 24.1. The Balaban J connectivity index is 0.000000337. The number of hydrogen-bond donors (Lipinski definition) is 2. The molecule has 0 aliphatic carbocycles. The van der Waals surface area contributed by atoms with Gasteiger partial charge in [0.2, 0.25) is 11.8 Å². The van der Waals surface area contributed by atoms with E-state index in [-0.39, 0.29) is 18.2 Å². The summed E-state index contributed by atoms with van der Waals surface area (Å²) in [4.78, 5) is 25.9. The molecule has 27 heavy (non-hydrogen) atoms. The predicted molar refractivity (Wildman–Crippen MR) is 98.2 cm³/mol. The molecule has 2 amide bonds. The molecule has 0 bridgehead atoms. The number of nitrogens with zero attached hydrogens (tertiary/aromatic N) is 2. The van der Waals surface area contributed by atoms with Crippen molar-refractivity contribution in [1.29, 1.82) is 0 Å². The number of likely N-dealkylation sites (N-methyl/N-ethyl adjacent to an activating group) is 1. The Hall–Kier alpha value is -1.64. The third-order valence-corrected chi connectivity index (χ3v) is 4.57. The van der Waals surface area contributed by atoms with Gasteiger partial charge in [0.05, 0.1) is 23.0 Å². The van der Waals surface area contributed by atoms with Crippen LogP contribution in [0.4, 0.5) is 8.78 Å². The number of aliphatic hydroxyl groups excluding tert-OH is 1. The number of alkyl halides is 2. The lowest BCUT2D eigenvalue weighted by molar-refractivity contribution is -0.141.